The normalized spacial score (nSPS) is 18.6. The first kappa shape index (κ1) is 26.5. The Morgan fingerprint density at radius 2 is 1.86 bits per heavy atom. The number of carbonyl (C=O) groups is 2. The first-order valence-electron chi connectivity index (χ1n) is 12.9. The first-order chi connectivity index (χ1) is 17.8. The highest BCUT2D eigenvalue weighted by molar-refractivity contribution is 6.46. The number of carbonyl (C=O) groups excluding carboxylic acids is 2. The quantitative estimate of drug-likeness (QED) is 0.298. The van der Waals surface area contributed by atoms with Gasteiger partial charge in [-0.2, -0.15) is 0 Å². The molecule has 2 aromatic carbocycles. The maximum atomic E-state index is 13.8. The highest BCUT2D eigenvalue weighted by atomic mass is 16.6. The third kappa shape index (κ3) is 6.07. The lowest BCUT2D eigenvalue weighted by atomic mass is 9.95. The van der Waals surface area contributed by atoms with Crippen LogP contribution in [-0.4, -0.2) is 63.6 Å². The Kier molecular flexibility index (Phi) is 8.38. The van der Waals surface area contributed by atoms with Crippen LogP contribution in [-0.2, 0) is 9.59 Å². The minimum atomic E-state index is -0.786. The molecule has 4 rings (SSSR count). The second kappa shape index (κ2) is 11.7. The SMILES string of the molecule is CC(C)CCOc1cccc(C2/C(=C(\[O-])c3ccc4c(c3)OCCO4)C(=O)C(=O)N2CCC[NH+](C)C)c1. The molecule has 2 aliphatic heterocycles. The summed E-state index contributed by atoms with van der Waals surface area (Å²) in [6.07, 6.45) is 1.61. The lowest BCUT2D eigenvalue weighted by Crippen LogP contribution is -3.05. The topological polar surface area (TPSA) is 92.6 Å². The molecule has 1 amide bonds. The Balaban J connectivity index is 1.73. The molecule has 0 bridgehead atoms. The molecular formula is C29H36N2O6. The van der Waals surface area contributed by atoms with Gasteiger partial charge in [-0.1, -0.05) is 37.8 Å². The lowest BCUT2D eigenvalue weighted by Gasteiger charge is -2.28. The van der Waals surface area contributed by atoms with Gasteiger partial charge in [-0.3, -0.25) is 9.59 Å². The van der Waals surface area contributed by atoms with Gasteiger partial charge in [-0.05, 0) is 47.7 Å². The van der Waals surface area contributed by atoms with E-state index >= 15 is 0 Å². The number of rotatable bonds is 10. The molecule has 0 saturated carbocycles. The molecule has 1 saturated heterocycles. The summed E-state index contributed by atoms with van der Waals surface area (Å²) in [5.41, 5.74) is 0.923. The van der Waals surface area contributed by atoms with Crippen LogP contribution in [0.15, 0.2) is 48.0 Å². The van der Waals surface area contributed by atoms with Crippen molar-refractivity contribution >= 4 is 17.4 Å². The number of amides is 1. The van der Waals surface area contributed by atoms with Crippen LogP contribution in [0.25, 0.3) is 5.76 Å². The van der Waals surface area contributed by atoms with Gasteiger partial charge < -0.3 is 29.1 Å². The second-order valence-corrected chi connectivity index (χ2v) is 10.2. The molecule has 2 aliphatic rings. The zero-order valence-electron chi connectivity index (χ0n) is 22.0. The van der Waals surface area contributed by atoms with Crippen LogP contribution in [0.2, 0.25) is 0 Å². The lowest BCUT2D eigenvalue weighted by molar-refractivity contribution is -0.858. The number of fused-ring (bicyclic) bond motifs is 1. The van der Waals surface area contributed by atoms with Gasteiger partial charge in [0, 0.05) is 18.5 Å². The molecule has 2 heterocycles. The van der Waals surface area contributed by atoms with E-state index in [-0.39, 0.29) is 11.1 Å². The molecule has 0 aromatic heterocycles. The largest absolute Gasteiger partial charge is 0.872 e. The van der Waals surface area contributed by atoms with Gasteiger partial charge in [0.1, 0.15) is 19.0 Å². The van der Waals surface area contributed by atoms with Crippen LogP contribution in [0.1, 0.15) is 43.9 Å². The summed E-state index contributed by atoms with van der Waals surface area (Å²) in [6, 6.07) is 11.4. The summed E-state index contributed by atoms with van der Waals surface area (Å²) in [7, 11) is 4.07. The second-order valence-electron chi connectivity index (χ2n) is 10.2. The smallest absolute Gasteiger partial charge is 0.295 e. The Bertz CT molecular complexity index is 1170. The van der Waals surface area contributed by atoms with Crippen LogP contribution in [0.4, 0.5) is 0 Å². The van der Waals surface area contributed by atoms with Crippen molar-refractivity contribution in [3.05, 3.63) is 59.2 Å². The molecule has 1 N–H and O–H groups in total. The van der Waals surface area contributed by atoms with Gasteiger partial charge in [0.2, 0.25) is 5.78 Å². The van der Waals surface area contributed by atoms with Crippen LogP contribution in [0.3, 0.4) is 0 Å². The molecule has 1 atom stereocenters. The number of nitrogens with one attached hydrogen (secondary N) is 1. The van der Waals surface area contributed by atoms with E-state index < -0.39 is 23.5 Å². The molecule has 1 fully saturated rings. The zero-order valence-corrected chi connectivity index (χ0v) is 22.0. The summed E-state index contributed by atoms with van der Waals surface area (Å²) >= 11 is 0. The third-order valence-corrected chi connectivity index (χ3v) is 6.55. The van der Waals surface area contributed by atoms with E-state index in [0.29, 0.717) is 61.5 Å². The molecule has 2 aromatic rings. The van der Waals surface area contributed by atoms with E-state index in [0.717, 1.165) is 13.0 Å². The number of Topliss-reactive ketones (excluding diaryl/α,β-unsaturated/α-hetero) is 1. The van der Waals surface area contributed by atoms with Crippen LogP contribution < -0.4 is 24.2 Å². The van der Waals surface area contributed by atoms with Gasteiger partial charge in [-0.15, -0.1) is 0 Å². The summed E-state index contributed by atoms with van der Waals surface area (Å²) in [6.45, 7) is 6.84. The molecular weight excluding hydrogens is 472 g/mol. The van der Waals surface area contributed by atoms with E-state index in [1.807, 2.05) is 38.4 Å². The van der Waals surface area contributed by atoms with E-state index in [1.54, 1.807) is 18.2 Å². The monoisotopic (exact) mass is 508 g/mol. The van der Waals surface area contributed by atoms with Crippen molar-refractivity contribution in [1.82, 2.24) is 4.90 Å². The van der Waals surface area contributed by atoms with Gasteiger partial charge in [0.15, 0.2) is 11.5 Å². The maximum absolute atomic E-state index is 13.8. The predicted octanol–water partition coefficient (Wildman–Crippen LogP) is 1.64. The molecule has 0 spiro atoms. The van der Waals surface area contributed by atoms with Crippen LogP contribution >= 0.6 is 0 Å². The molecule has 198 valence electrons. The van der Waals surface area contributed by atoms with Gasteiger partial charge in [0.25, 0.3) is 5.91 Å². The summed E-state index contributed by atoms with van der Waals surface area (Å²) < 4.78 is 17.1. The van der Waals surface area contributed by atoms with Crippen molar-refractivity contribution in [3.8, 4) is 17.2 Å². The number of benzene rings is 2. The molecule has 0 aliphatic carbocycles. The Morgan fingerprint density at radius 3 is 2.59 bits per heavy atom. The van der Waals surface area contributed by atoms with E-state index in [2.05, 4.69) is 13.8 Å². The summed E-state index contributed by atoms with van der Waals surface area (Å²) in [5.74, 6) is 0.278. The van der Waals surface area contributed by atoms with Gasteiger partial charge in [-0.25, -0.2) is 0 Å². The number of likely N-dealkylation sites (tertiary alicyclic amines) is 1. The fourth-order valence-electron chi connectivity index (χ4n) is 4.58. The van der Waals surface area contributed by atoms with Crippen LogP contribution in [0.5, 0.6) is 17.2 Å². The average molecular weight is 509 g/mol. The fourth-order valence-corrected chi connectivity index (χ4v) is 4.58. The number of quaternary nitrogens is 1. The van der Waals surface area contributed by atoms with E-state index in [4.69, 9.17) is 14.2 Å². The van der Waals surface area contributed by atoms with Crippen molar-refractivity contribution in [3.63, 3.8) is 0 Å². The number of hydrogen-bond acceptors (Lipinski definition) is 6. The standard InChI is InChI=1S/C29H36N2O6/c1-19(2)11-14-35-22-8-5-7-20(17-22)26-25(28(33)29(34)31(26)13-6-12-30(3)4)27(32)21-9-10-23-24(18-21)37-16-15-36-23/h5,7-10,17-19,26,32H,6,11-16H2,1-4H3/b27-25+. The Morgan fingerprint density at radius 1 is 1.11 bits per heavy atom. The Hall–Kier alpha value is -3.52. The van der Waals surface area contributed by atoms with E-state index in [1.165, 1.54) is 9.80 Å². The number of nitrogens with zero attached hydrogens (tertiary/aromatic N) is 1. The van der Waals surface area contributed by atoms with Gasteiger partial charge >= 0.3 is 0 Å². The fraction of sp³-hybridized carbons (Fsp3) is 0.448. The van der Waals surface area contributed by atoms with Crippen molar-refractivity contribution in [2.24, 2.45) is 5.92 Å². The Labute approximate surface area is 218 Å². The molecule has 8 nitrogen and oxygen atoms in total. The van der Waals surface area contributed by atoms with Gasteiger partial charge in [0.05, 0.1) is 33.3 Å². The molecule has 37 heavy (non-hydrogen) atoms. The predicted molar refractivity (Wildman–Crippen MR) is 137 cm³/mol. The minimum absolute atomic E-state index is 0.0433. The molecule has 8 heteroatoms. The minimum Gasteiger partial charge on any atom is -0.872 e. The third-order valence-electron chi connectivity index (χ3n) is 6.55. The highest BCUT2D eigenvalue weighted by Gasteiger charge is 2.44. The average Bonchev–Trinajstić information content (AvgIpc) is 3.13. The number of hydrogen-bond donors (Lipinski definition) is 1. The zero-order chi connectivity index (χ0) is 26.5. The molecule has 1 unspecified atom stereocenters. The van der Waals surface area contributed by atoms with Crippen molar-refractivity contribution in [2.45, 2.75) is 32.7 Å². The van der Waals surface area contributed by atoms with Crippen molar-refractivity contribution in [2.75, 3.05) is 47.0 Å². The first-order valence-corrected chi connectivity index (χ1v) is 12.9. The van der Waals surface area contributed by atoms with Crippen molar-refractivity contribution < 1.29 is 33.8 Å². The van der Waals surface area contributed by atoms with Crippen LogP contribution in [0, 0.1) is 5.92 Å². The summed E-state index contributed by atoms with van der Waals surface area (Å²) in [4.78, 5) is 29.3. The van der Waals surface area contributed by atoms with E-state index in [9.17, 15) is 14.7 Å². The highest BCUT2D eigenvalue weighted by Crippen LogP contribution is 2.41. The maximum Gasteiger partial charge on any atom is 0.295 e. The summed E-state index contributed by atoms with van der Waals surface area (Å²) in [5, 5.41) is 13.8. The molecule has 0 radical (unpaired) electrons. The van der Waals surface area contributed by atoms with Crippen molar-refractivity contribution in [1.29, 1.82) is 0 Å². The number of ketones is 1. The number of ether oxygens (including phenoxy) is 3.